The molecule has 0 aliphatic rings. The van der Waals surface area contributed by atoms with Gasteiger partial charge in [-0.05, 0) is 20.8 Å². The van der Waals surface area contributed by atoms with Gasteiger partial charge in [0.05, 0.1) is 0 Å². The van der Waals surface area contributed by atoms with Crippen molar-refractivity contribution in [1.82, 2.24) is 0 Å². The molecule has 3 N–H and O–H groups in total. The van der Waals surface area contributed by atoms with Gasteiger partial charge < -0.3 is 15.3 Å². The summed E-state index contributed by atoms with van der Waals surface area (Å²) in [6.07, 6.45) is 0. The van der Waals surface area contributed by atoms with E-state index in [0.717, 1.165) is 0 Å². The van der Waals surface area contributed by atoms with E-state index in [-0.39, 0.29) is 34.7 Å². The Bertz CT molecular complexity index is 28.8. The molecule has 3 nitrogen and oxygen atoms in total. The Kier molecular flexibility index (Phi) is 101. The number of hydrogen-bond donors (Lipinski definition) is 3. The molecule has 0 aromatic rings. The van der Waals surface area contributed by atoms with Crippen LogP contribution in [-0.4, -0.2) is 35.1 Å². The van der Waals surface area contributed by atoms with Crippen LogP contribution in [0.2, 0.25) is 0 Å². The molecule has 6 heteroatoms. The molecular weight excluding hydrogens is 465 g/mol. The normalized spacial score (nSPS) is 5.67. The van der Waals surface area contributed by atoms with Crippen molar-refractivity contribution in [2.24, 2.45) is 0 Å². The van der Waals surface area contributed by atoms with Gasteiger partial charge in [0.2, 0.25) is 0 Å². The van der Waals surface area contributed by atoms with Gasteiger partial charge in [-0.1, -0.05) is 0 Å². The summed E-state index contributed by atoms with van der Waals surface area (Å²) in [5, 5.41) is 22.7. The predicted molar refractivity (Wildman–Crippen MR) is 66.3 cm³/mol. The second-order valence-electron chi connectivity index (χ2n) is 1.02. The summed E-state index contributed by atoms with van der Waals surface area (Å²) in [5.74, 6) is 0. The van der Waals surface area contributed by atoms with E-state index in [1.54, 1.807) is 20.8 Å². The first kappa shape index (κ1) is 23.8. The predicted octanol–water partition coefficient (Wildman–Crippen LogP) is 1.76. The summed E-state index contributed by atoms with van der Waals surface area (Å²) in [4.78, 5) is 0. The second kappa shape index (κ2) is 51.0. The first-order valence-electron chi connectivity index (χ1n) is 3.45. The van der Waals surface area contributed by atoms with Crippen LogP contribution in [0.15, 0.2) is 0 Å². The minimum absolute atomic E-state index is 0.170. The average molecular weight is 483 g/mol. The minimum atomic E-state index is 0.170. The summed E-state index contributed by atoms with van der Waals surface area (Å²) in [6, 6.07) is 0. The van der Waals surface area contributed by atoms with Crippen molar-refractivity contribution in [2.75, 3.05) is 19.8 Å². The van der Waals surface area contributed by atoms with Crippen LogP contribution >= 0.6 is 36.1 Å². The van der Waals surface area contributed by atoms with E-state index >= 15 is 0 Å². The van der Waals surface area contributed by atoms with Gasteiger partial charge >= 0.3 is 50.9 Å². The molecule has 12 heavy (non-hydrogen) atoms. The van der Waals surface area contributed by atoms with Gasteiger partial charge in [-0.15, -0.1) is 0 Å². The molecule has 0 saturated carbocycles. The molecule has 0 bridgehead atoms. The number of aliphatic hydroxyl groups is 3. The van der Waals surface area contributed by atoms with E-state index in [9.17, 15) is 0 Å². The SMILES string of the molecule is CCO.CCO.CCO.[I][Zr][I]. The van der Waals surface area contributed by atoms with Crippen LogP contribution in [0.4, 0.5) is 0 Å². The Morgan fingerprint density at radius 2 is 0.833 bits per heavy atom. The van der Waals surface area contributed by atoms with Crippen LogP contribution in [-0.2, 0) is 14.9 Å². The van der Waals surface area contributed by atoms with Crippen molar-refractivity contribution >= 4 is 36.1 Å². The summed E-state index contributed by atoms with van der Waals surface area (Å²) in [6.45, 7) is 5.79. The van der Waals surface area contributed by atoms with Crippen molar-refractivity contribution in [1.29, 1.82) is 0 Å². The fourth-order valence-electron chi connectivity index (χ4n) is 0. The molecule has 0 saturated heterocycles. The standard InChI is InChI=1S/3C2H6O.2HI.Zr/c3*1-2-3;;;/h3*3H,2H2,1H3;2*1H;/q;;;;;+2/p-2. The molecule has 0 aromatic heterocycles. The van der Waals surface area contributed by atoms with Gasteiger partial charge in [-0.25, -0.2) is 0 Å². The molecule has 0 aromatic carbocycles. The Morgan fingerprint density at radius 1 is 0.833 bits per heavy atom. The Balaban J connectivity index is -0.0000000356. The molecule has 78 valence electrons. The van der Waals surface area contributed by atoms with Gasteiger partial charge in [-0.3, -0.25) is 0 Å². The van der Waals surface area contributed by atoms with Crippen LogP contribution in [0.3, 0.4) is 0 Å². The molecule has 0 aliphatic carbocycles. The van der Waals surface area contributed by atoms with Crippen molar-refractivity contribution in [3.63, 3.8) is 0 Å². The molecule has 0 amide bonds. The van der Waals surface area contributed by atoms with Crippen LogP contribution < -0.4 is 0 Å². The zero-order chi connectivity index (χ0) is 10.8. The number of hydrogen-bond acceptors (Lipinski definition) is 3. The molecule has 0 spiro atoms. The van der Waals surface area contributed by atoms with E-state index in [2.05, 4.69) is 36.1 Å². The van der Waals surface area contributed by atoms with Crippen molar-refractivity contribution < 1.29 is 30.2 Å². The molecule has 0 atom stereocenters. The zero-order valence-electron chi connectivity index (χ0n) is 7.72. The van der Waals surface area contributed by atoms with Crippen LogP contribution in [0.25, 0.3) is 0 Å². The maximum absolute atomic E-state index is 7.57. The summed E-state index contributed by atoms with van der Waals surface area (Å²) >= 11 is 5.06. The third-order valence-corrected chi connectivity index (χ3v) is 0. The van der Waals surface area contributed by atoms with E-state index in [4.69, 9.17) is 15.3 Å². The third-order valence-electron chi connectivity index (χ3n) is 0. The molecule has 0 unspecified atom stereocenters. The van der Waals surface area contributed by atoms with Crippen LogP contribution in [0.5, 0.6) is 0 Å². The van der Waals surface area contributed by atoms with Crippen LogP contribution in [0, 0.1) is 0 Å². The maximum atomic E-state index is 7.57. The van der Waals surface area contributed by atoms with Gasteiger partial charge in [0.25, 0.3) is 0 Å². The topological polar surface area (TPSA) is 60.7 Å². The average Bonchev–Trinajstić information content (AvgIpc) is 1.92. The van der Waals surface area contributed by atoms with Gasteiger partial charge in [-0.2, -0.15) is 0 Å². The summed E-state index contributed by atoms with van der Waals surface area (Å²) < 4.78 is 0. The Morgan fingerprint density at radius 3 is 0.833 bits per heavy atom. The van der Waals surface area contributed by atoms with E-state index < -0.39 is 0 Å². The quantitative estimate of drug-likeness (QED) is 0.461. The van der Waals surface area contributed by atoms with Crippen molar-refractivity contribution in [3.05, 3.63) is 0 Å². The first-order chi connectivity index (χ1) is 5.66. The number of rotatable bonds is 0. The Hall–Kier alpha value is 2.22. The molecule has 0 rings (SSSR count). The number of halogens is 2. The Labute approximate surface area is 105 Å². The van der Waals surface area contributed by atoms with E-state index in [0.29, 0.717) is 0 Å². The van der Waals surface area contributed by atoms with Gasteiger partial charge in [0.1, 0.15) is 0 Å². The summed E-state index contributed by atoms with van der Waals surface area (Å²) in [7, 11) is 0. The molecule has 0 aliphatic heterocycles. The van der Waals surface area contributed by atoms with Gasteiger partial charge in [0.15, 0.2) is 0 Å². The van der Waals surface area contributed by atoms with Gasteiger partial charge in [0, 0.05) is 19.8 Å². The molecule has 0 heterocycles. The summed E-state index contributed by atoms with van der Waals surface area (Å²) in [5.41, 5.74) is 0. The fourth-order valence-corrected chi connectivity index (χ4v) is 0. The second-order valence-corrected chi connectivity index (χ2v) is 20.0. The fraction of sp³-hybridized carbons (Fsp3) is 1.00. The van der Waals surface area contributed by atoms with E-state index in [1.165, 1.54) is 0 Å². The zero-order valence-corrected chi connectivity index (χ0v) is 14.5. The number of aliphatic hydroxyl groups excluding tert-OH is 3. The monoisotopic (exact) mass is 482 g/mol. The molecule has 0 radical (unpaired) electrons. The molecule has 0 fully saturated rings. The molecular formula is C6H18I2O3Zr. The first-order valence-corrected chi connectivity index (χ1v) is 18.1. The van der Waals surface area contributed by atoms with Crippen LogP contribution in [0.1, 0.15) is 20.8 Å². The third kappa shape index (κ3) is 312. The van der Waals surface area contributed by atoms with E-state index in [1.807, 2.05) is 0 Å². The van der Waals surface area contributed by atoms with Crippen molar-refractivity contribution in [2.45, 2.75) is 20.8 Å². The van der Waals surface area contributed by atoms with Crippen molar-refractivity contribution in [3.8, 4) is 0 Å².